The minimum atomic E-state index is -2.00. The zero-order valence-electron chi connectivity index (χ0n) is 49.0. The van der Waals surface area contributed by atoms with Gasteiger partial charge in [-0.05, 0) is 90.9 Å². The lowest BCUT2D eigenvalue weighted by molar-refractivity contribution is -0.143. The molecule has 0 spiro atoms. The first-order valence-corrected chi connectivity index (χ1v) is 27.2. The fraction of sp³-hybridized carbons (Fsp3) is 0.680. The van der Waals surface area contributed by atoms with Crippen molar-refractivity contribution >= 4 is 94.9 Å². The molecule has 11 atom stereocenters. The highest BCUT2D eigenvalue weighted by Crippen LogP contribution is 2.12. The van der Waals surface area contributed by atoms with Gasteiger partial charge in [-0.15, -0.1) is 0 Å². The monoisotopic (exact) mass is 1210 g/mol. The molecule has 0 aromatic rings. The Morgan fingerprint density at radius 1 is 0.353 bits per heavy atom. The second-order valence-corrected chi connectivity index (χ2v) is 20.9. The first kappa shape index (κ1) is 76.1. The highest BCUT2D eigenvalue weighted by Gasteiger charge is 2.36. The van der Waals surface area contributed by atoms with Crippen molar-refractivity contribution in [3.8, 4) is 0 Å². The van der Waals surface area contributed by atoms with E-state index in [0.717, 1.165) is 6.92 Å². The number of aliphatic imine (C=N–C) groups is 2. The van der Waals surface area contributed by atoms with Crippen LogP contribution < -0.4 is 81.8 Å². The van der Waals surface area contributed by atoms with Gasteiger partial charge in [0.1, 0.15) is 60.4 Å². The largest absolute Gasteiger partial charge is 0.481 e. The molecule has 0 heterocycles. The van der Waals surface area contributed by atoms with Crippen molar-refractivity contribution < 1.29 is 87.5 Å². The Labute approximate surface area is 490 Å². The molecule has 0 aliphatic rings. The van der Waals surface area contributed by atoms with Gasteiger partial charge in [-0.1, -0.05) is 27.7 Å². The summed E-state index contributed by atoms with van der Waals surface area (Å²) >= 11 is 0. The first-order chi connectivity index (χ1) is 39.4. The molecule has 0 radical (unpaired) electrons. The summed E-state index contributed by atoms with van der Waals surface area (Å²) in [5.74, 6) is -17.1. The van der Waals surface area contributed by atoms with E-state index in [2.05, 4.69) is 63.2 Å². The molecule has 85 heavy (non-hydrogen) atoms. The molecule has 0 aliphatic carbocycles. The van der Waals surface area contributed by atoms with E-state index in [4.69, 9.17) is 33.8 Å². The third-order valence-electron chi connectivity index (χ3n) is 12.1. The van der Waals surface area contributed by atoms with Crippen LogP contribution in [0.4, 0.5) is 0 Å². The fourth-order valence-electron chi connectivity index (χ4n) is 7.55. The number of carbonyl (C=O) groups is 14. The molecule has 35 heteroatoms. The average Bonchev–Trinajstić information content (AvgIpc) is 3.60. The van der Waals surface area contributed by atoms with Gasteiger partial charge in [0.15, 0.2) is 11.9 Å². The summed E-state index contributed by atoms with van der Waals surface area (Å²) in [6, 6.07) is -16.3. The van der Waals surface area contributed by atoms with Crippen LogP contribution in [-0.2, 0) is 67.1 Å². The van der Waals surface area contributed by atoms with E-state index in [1.807, 2.05) is 0 Å². The Balaban J connectivity index is 6.69. The van der Waals surface area contributed by atoms with E-state index in [-0.39, 0.29) is 75.4 Å². The zero-order valence-corrected chi connectivity index (χ0v) is 49.0. The van der Waals surface area contributed by atoms with E-state index in [0.29, 0.717) is 0 Å². The third-order valence-corrected chi connectivity index (χ3v) is 12.1. The Kier molecular flexibility index (Phi) is 34.7. The quantitative estimate of drug-likeness (QED) is 0.0154. The Morgan fingerprint density at radius 2 is 0.635 bits per heavy atom. The van der Waals surface area contributed by atoms with Crippen molar-refractivity contribution in [1.82, 2.24) is 53.2 Å². The van der Waals surface area contributed by atoms with Crippen molar-refractivity contribution in [3.05, 3.63) is 0 Å². The summed E-state index contributed by atoms with van der Waals surface area (Å²) in [7, 11) is 0. The maximum Gasteiger partial charge on any atom is 0.326 e. The molecule has 0 aromatic heterocycles. The Hall–Kier alpha value is -8.92. The number of carbonyl (C=O) groups excluding carboxylic acids is 10. The molecule has 0 aromatic carbocycles. The molecule has 24 N–H and O–H groups in total. The fourth-order valence-corrected chi connectivity index (χ4v) is 7.55. The summed E-state index contributed by atoms with van der Waals surface area (Å²) < 4.78 is 0. The van der Waals surface area contributed by atoms with Crippen molar-refractivity contribution in [2.45, 2.75) is 192 Å². The number of guanidine groups is 2. The van der Waals surface area contributed by atoms with Gasteiger partial charge in [0, 0.05) is 25.9 Å². The van der Waals surface area contributed by atoms with Crippen LogP contribution in [0.1, 0.15) is 126 Å². The van der Waals surface area contributed by atoms with Crippen molar-refractivity contribution in [3.63, 3.8) is 0 Å². The minimum Gasteiger partial charge on any atom is -0.481 e. The number of nitrogens with one attached hydrogen (secondary N) is 10. The highest BCUT2D eigenvalue weighted by atomic mass is 16.4. The molecular formula is C50H87N17O18. The molecule has 0 fully saturated rings. The number of aliphatic carboxylic acids is 4. The highest BCUT2D eigenvalue weighted by molar-refractivity contribution is 5.99. The van der Waals surface area contributed by atoms with Crippen LogP contribution in [0.3, 0.4) is 0 Å². The van der Waals surface area contributed by atoms with Crippen LogP contribution in [0, 0.1) is 11.8 Å². The SMILES string of the molecule is CC(C)C[C@H](NC(=O)[C@H](CCCN=C(N)N)NC(=O)[C@H](C)NC(=O)[C@H](C)N)C(=O)N[C@@H](C)C(=O)N[C@@H](CC(=O)O)C(=O)N[C@@H](CCC(=O)O)C(=O)N[C@@H](CC(C)C)C(=O)N[C@@H](CCCN=C(N)N)C(=O)N[C@@H](C)C(=O)N[C@@H](CCC(=O)O)C(=O)O. The molecule has 0 saturated heterocycles. The van der Waals surface area contributed by atoms with Gasteiger partial charge in [-0.2, -0.15) is 0 Å². The van der Waals surface area contributed by atoms with Crippen molar-refractivity contribution in [2.24, 2.45) is 50.5 Å². The molecule has 0 aliphatic heterocycles. The van der Waals surface area contributed by atoms with Crippen molar-refractivity contribution in [1.29, 1.82) is 0 Å². The maximum absolute atomic E-state index is 14.0. The number of hydrogen-bond donors (Lipinski definition) is 19. The van der Waals surface area contributed by atoms with Gasteiger partial charge < -0.3 is 102 Å². The Bertz CT molecular complexity index is 2410. The van der Waals surface area contributed by atoms with Gasteiger partial charge in [-0.25, -0.2) is 4.79 Å². The minimum absolute atomic E-state index is 0.0290. The van der Waals surface area contributed by atoms with Crippen molar-refractivity contribution in [2.75, 3.05) is 13.1 Å². The van der Waals surface area contributed by atoms with E-state index >= 15 is 0 Å². The molecule has 35 nitrogen and oxygen atoms in total. The summed E-state index contributed by atoms with van der Waals surface area (Å²) in [5.41, 5.74) is 27.2. The average molecular weight is 1210 g/mol. The number of amides is 10. The molecule has 0 rings (SSSR count). The smallest absolute Gasteiger partial charge is 0.326 e. The number of carboxylic acids is 4. The first-order valence-electron chi connectivity index (χ1n) is 27.2. The summed E-state index contributed by atoms with van der Waals surface area (Å²) in [6.07, 6.45) is -3.91. The van der Waals surface area contributed by atoms with E-state index in [1.165, 1.54) is 20.8 Å². The zero-order chi connectivity index (χ0) is 65.4. The predicted molar refractivity (Wildman–Crippen MR) is 302 cm³/mol. The normalized spacial score (nSPS) is 14.8. The van der Waals surface area contributed by atoms with Crippen LogP contribution in [0.5, 0.6) is 0 Å². The van der Waals surface area contributed by atoms with E-state index in [1.54, 1.807) is 27.7 Å². The number of hydrogen-bond acceptors (Lipinski definition) is 17. The van der Waals surface area contributed by atoms with Crippen LogP contribution >= 0.6 is 0 Å². The summed E-state index contributed by atoms with van der Waals surface area (Å²) in [5, 5.41) is 61.5. The summed E-state index contributed by atoms with van der Waals surface area (Å²) in [4.78, 5) is 189. The molecular weight excluding hydrogens is 1130 g/mol. The van der Waals surface area contributed by atoms with Gasteiger partial charge in [0.05, 0.1) is 12.5 Å². The van der Waals surface area contributed by atoms with E-state index in [9.17, 15) is 82.4 Å². The molecule has 10 amide bonds. The molecule has 480 valence electrons. The van der Waals surface area contributed by atoms with Gasteiger partial charge in [0.2, 0.25) is 59.1 Å². The van der Waals surface area contributed by atoms with Gasteiger partial charge in [-0.3, -0.25) is 72.3 Å². The lowest BCUT2D eigenvalue weighted by Gasteiger charge is -2.28. The van der Waals surface area contributed by atoms with Crippen LogP contribution in [0.2, 0.25) is 0 Å². The summed E-state index contributed by atoms with van der Waals surface area (Å²) in [6.45, 7) is 11.8. The topological polar surface area (TPSA) is 595 Å². The predicted octanol–water partition coefficient (Wildman–Crippen LogP) is -6.27. The number of nitrogens with two attached hydrogens (primary N) is 5. The number of rotatable bonds is 41. The second-order valence-electron chi connectivity index (χ2n) is 20.9. The standard InChI is InChI=1S/C50H87N17O18/c1-22(2)19-32(66-43(79)29(12-10-18-57-50(54)55)61-39(75)25(6)58-38(74)24(5)51)45(81)60-27(8)41(77)65-34(21-37(72)73)47(83)63-30(13-15-35(68)69)44(80)67-33(20-23(3)4)46(82)62-28(11-9-17-56-49(52)53)42(78)59-26(7)40(76)64-31(48(84)85)14-16-36(70)71/h22-34H,9-21,51H2,1-8H3,(H,58,74)(H,59,78)(H,60,81)(H,61,75)(H,62,82)(H,63,83)(H,64,76)(H,65,77)(H,66,79)(H,67,80)(H,68,69)(H,70,71)(H,72,73)(H,84,85)(H4,52,53,56)(H4,54,55,57)/t24-,25-,26-,27-,28-,29-,30-,31-,32-,33-,34-/m0/s1. The second kappa shape index (κ2) is 38.8. The maximum atomic E-state index is 14.0. The van der Waals surface area contributed by atoms with Gasteiger partial charge >= 0.3 is 23.9 Å². The molecule has 0 bridgehead atoms. The third kappa shape index (κ3) is 32.5. The van der Waals surface area contributed by atoms with Crippen LogP contribution in [0.25, 0.3) is 0 Å². The van der Waals surface area contributed by atoms with Gasteiger partial charge in [0.25, 0.3) is 0 Å². The Morgan fingerprint density at radius 3 is 0.976 bits per heavy atom. The lowest BCUT2D eigenvalue weighted by Crippen LogP contribution is -2.60. The van der Waals surface area contributed by atoms with Crippen LogP contribution in [0.15, 0.2) is 9.98 Å². The molecule has 0 unspecified atom stereocenters. The lowest BCUT2D eigenvalue weighted by atomic mass is 10.0. The number of nitrogens with zero attached hydrogens (tertiary/aromatic N) is 2. The molecule has 0 saturated carbocycles. The van der Waals surface area contributed by atoms with Crippen LogP contribution in [-0.4, -0.2) is 195 Å². The van der Waals surface area contributed by atoms with E-state index < -0.39 is 182 Å². The number of carboxylic acid groups (broad SMARTS) is 4.